The third-order valence-corrected chi connectivity index (χ3v) is 5.92. The van der Waals surface area contributed by atoms with Crippen LogP contribution in [0.3, 0.4) is 0 Å². The summed E-state index contributed by atoms with van der Waals surface area (Å²) < 4.78 is 0. The van der Waals surface area contributed by atoms with Gasteiger partial charge in [0, 0.05) is 43.9 Å². The summed E-state index contributed by atoms with van der Waals surface area (Å²) in [6.45, 7) is 11.2. The van der Waals surface area contributed by atoms with Crippen LogP contribution in [0.4, 0.5) is 5.69 Å². The van der Waals surface area contributed by atoms with E-state index in [4.69, 9.17) is 0 Å². The quantitative estimate of drug-likeness (QED) is 0.849. The molecule has 3 amide bonds. The van der Waals surface area contributed by atoms with E-state index in [1.54, 1.807) is 18.0 Å². The third kappa shape index (κ3) is 4.02. The number of rotatable bonds is 3. The first-order valence-corrected chi connectivity index (χ1v) is 10.5. The number of nitrogens with zero attached hydrogens (tertiary/aromatic N) is 2. The van der Waals surface area contributed by atoms with Gasteiger partial charge in [-0.3, -0.25) is 14.4 Å². The zero-order chi connectivity index (χ0) is 21.6. The standard InChI is InChI=1S/C23H33N3O3/c1-15(2)24-20(28)16-7-8-18-17(13-16)23(21(29)25(18)6)9-11-26(12-10-23)19(27)14-22(3,4)5/h7-8,13,15H,9-12,14H2,1-6H3,(H,24,28). The first-order valence-electron chi connectivity index (χ1n) is 10.5. The van der Waals surface area contributed by atoms with Gasteiger partial charge in [0.15, 0.2) is 0 Å². The molecule has 0 aromatic heterocycles. The molecule has 0 unspecified atom stereocenters. The smallest absolute Gasteiger partial charge is 0.251 e. The monoisotopic (exact) mass is 399 g/mol. The summed E-state index contributed by atoms with van der Waals surface area (Å²) in [7, 11) is 1.79. The van der Waals surface area contributed by atoms with Gasteiger partial charge in [0.05, 0.1) is 5.41 Å². The Bertz CT molecular complexity index is 830. The molecule has 3 rings (SSSR count). The Hall–Kier alpha value is -2.37. The van der Waals surface area contributed by atoms with Crippen LogP contribution in [-0.4, -0.2) is 48.8 Å². The Balaban J connectivity index is 1.86. The normalized spacial score (nSPS) is 18.4. The van der Waals surface area contributed by atoms with E-state index < -0.39 is 5.41 Å². The van der Waals surface area contributed by atoms with Gasteiger partial charge in [-0.25, -0.2) is 0 Å². The summed E-state index contributed by atoms with van der Waals surface area (Å²) in [5.41, 5.74) is 1.67. The largest absolute Gasteiger partial charge is 0.350 e. The van der Waals surface area contributed by atoms with Gasteiger partial charge in [-0.1, -0.05) is 20.8 Å². The average Bonchev–Trinajstić information content (AvgIpc) is 2.82. The molecule has 0 radical (unpaired) electrons. The van der Waals surface area contributed by atoms with Crippen LogP contribution in [0, 0.1) is 5.41 Å². The second kappa shape index (κ2) is 7.47. The summed E-state index contributed by atoms with van der Waals surface area (Å²) in [5, 5.41) is 2.92. The number of hydrogen-bond acceptors (Lipinski definition) is 3. The van der Waals surface area contributed by atoms with E-state index in [0.29, 0.717) is 37.9 Å². The fourth-order valence-corrected chi connectivity index (χ4v) is 4.43. The number of amides is 3. The molecule has 6 nitrogen and oxygen atoms in total. The van der Waals surface area contributed by atoms with Crippen LogP contribution >= 0.6 is 0 Å². The lowest BCUT2D eigenvalue weighted by Gasteiger charge is -2.39. The number of carbonyl (C=O) groups excluding carboxylic acids is 3. The summed E-state index contributed by atoms with van der Waals surface area (Å²) in [5.74, 6) is 0.0889. The van der Waals surface area contributed by atoms with E-state index in [9.17, 15) is 14.4 Å². The second-order valence-electron chi connectivity index (χ2n) is 9.92. The molecule has 1 N–H and O–H groups in total. The molecule has 1 aromatic rings. The third-order valence-electron chi connectivity index (χ3n) is 5.92. The highest BCUT2D eigenvalue weighted by Crippen LogP contribution is 2.48. The van der Waals surface area contributed by atoms with Gasteiger partial charge in [-0.15, -0.1) is 0 Å². The van der Waals surface area contributed by atoms with Crippen molar-refractivity contribution in [2.75, 3.05) is 25.0 Å². The molecule has 0 atom stereocenters. The summed E-state index contributed by atoms with van der Waals surface area (Å²) in [6.07, 6.45) is 1.69. The summed E-state index contributed by atoms with van der Waals surface area (Å²) in [4.78, 5) is 41.9. The molecule has 2 aliphatic rings. The fourth-order valence-electron chi connectivity index (χ4n) is 4.43. The molecule has 0 saturated carbocycles. The Labute approximate surface area is 173 Å². The number of fused-ring (bicyclic) bond motifs is 2. The van der Waals surface area contributed by atoms with Crippen molar-refractivity contribution >= 4 is 23.4 Å². The van der Waals surface area contributed by atoms with Gasteiger partial charge in [0.1, 0.15) is 0 Å². The summed E-state index contributed by atoms with van der Waals surface area (Å²) >= 11 is 0. The molecule has 1 aromatic carbocycles. The molecule has 1 spiro atoms. The fraction of sp³-hybridized carbons (Fsp3) is 0.609. The topological polar surface area (TPSA) is 69.7 Å². The molecular formula is C23H33N3O3. The van der Waals surface area contributed by atoms with Crippen LogP contribution in [0.25, 0.3) is 0 Å². The Morgan fingerprint density at radius 2 is 1.79 bits per heavy atom. The zero-order valence-corrected chi connectivity index (χ0v) is 18.5. The first kappa shape index (κ1) is 21.3. The number of carbonyl (C=O) groups is 3. The summed E-state index contributed by atoms with van der Waals surface area (Å²) in [6, 6.07) is 5.57. The zero-order valence-electron chi connectivity index (χ0n) is 18.5. The van der Waals surface area contributed by atoms with Gasteiger partial charge in [-0.05, 0) is 55.9 Å². The average molecular weight is 400 g/mol. The minimum absolute atomic E-state index is 0.0473. The van der Waals surface area contributed by atoms with E-state index in [1.807, 2.05) is 30.9 Å². The molecule has 0 aliphatic carbocycles. The Morgan fingerprint density at radius 1 is 1.17 bits per heavy atom. The Morgan fingerprint density at radius 3 is 2.34 bits per heavy atom. The lowest BCUT2D eigenvalue weighted by Crippen LogP contribution is -2.50. The van der Waals surface area contributed by atoms with E-state index in [1.165, 1.54) is 0 Å². The molecule has 2 heterocycles. The minimum atomic E-state index is -0.642. The number of anilines is 1. The van der Waals surface area contributed by atoms with Gasteiger partial charge < -0.3 is 15.1 Å². The molecule has 29 heavy (non-hydrogen) atoms. The molecule has 6 heteroatoms. The van der Waals surface area contributed by atoms with Gasteiger partial charge >= 0.3 is 0 Å². The SMILES string of the molecule is CC(C)NC(=O)c1ccc2c(c1)C1(CCN(C(=O)CC(C)(C)C)CC1)C(=O)N2C. The molecule has 0 bridgehead atoms. The Kier molecular flexibility index (Phi) is 5.50. The molecule has 2 aliphatic heterocycles. The van der Waals surface area contributed by atoms with Crippen LogP contribution in [0.1, 0.15) is 69.8 Å². The van der Waals surface area contributed by atoms with Crippen LogP contribution < -0.4 is 10.2 Å². The van der Waals surface area contributed by atoms with E-state index in [0.717, 1.165) is 11.3 Å². The number of nitrogens with one attached hydrogen (secondary N) is 1. The highest BCUT2D eigenvalue weighted by molar-refractivity contribution is 6.09. The maximum absolute atomic E-state index is 13.2. The maximum Gasteiger partial charge on any atom is 0.251 e. The number of piperidine rings is 1. The predicted octanol–water partition coefficient (Wildman–Crippen LogP) is 3.10. The van der Waals surface area contributed by atoms with Crippen molar-refractivity contribution < 1.29 is 14.4 Å². The van der Waals surface area contributed by atoms with Crippen molar-refractivity contribution in [1.29, 1.82) is 0 Å². The number of benzene rings is 1. The molecule has 1 saturated heterocycles. The number of likely N-dealkylation sites (tertiary alicyclic amines) is 1. The predicted molar refractivity (Wildman–Crippen MR) is 114 cm³/mol. The molecule has 158 valence electrons. The first-order chi connectivity index (χ1) is 13.4. The number of likely N-dealkylation sites (N-methyl/N-ethyl adjacent to an activating group) is 1. The van der Waals surface area contributed by atoms with Crippen molar-refractivity contribution in [1.82, 2.24) is 10.2 Å². The van der Waals surface area contributed by atoms with Crippen molar-refractivity contribution in [3.05, 3.63) is 29.3 Å². The maximum atomic E-state index is 13.2. The van der Waals surface area contributed by atoms with E-state index >= 15 is 0 Å². The van der Waals surface area contributed by atoms with Crippen LogP contribution in [0.5, 0.6) is 0 Å². The van der Waals surface area contributed by atoms with Crippen molar-refractivity contribution in [3.63, 3.8) is 0 Å². The highest BCUT2D eigenvalue weighted by Gasteiger charge is 2.51. The van der Waals surface area contributed by atoms with Crippen molar-refractivity contribution in [2.24, 2.45) is 5.41 Å². The molecular weight excluding hydrogens is 366 g/mol. The van der Waals surface area contributed by atoms with E-state index in [2.05, 4.69) is 26.1 Å². The van der Waals surface area contributed by atoms with Crippen LogP contribution in [0.15, 0.2) is 18.2 Å². The number of hydrogen-bond donors (Lipinski definition) is 1. The van der Waals surface area contributed by atoms with Crippen molar-refractivity contribution in [2.45, 2.75) is 65.3 Å². The second-order valence-corrected chi connectivity index (χ2v) is 9.92. The van der Waals surface area contributed by atoms with Crippen LogP contribution in [0.2, 0.25) is 0 Å². The minimum Gasteiger partial charge on any atom is -0.350 e. The van der Waals surface area contributed by atoms with Crippen molar-refractivity contribution in [3.8, 4) is 0 Å². The lowest BCUT2D eigenvalue weighted by molar-refractivity contribution is -0.137. The molecule has 1 fully saturated rings. The lowest BCUT2D eigenvalue weighted by atomic mass is 9.73. The van der Waals surface area contributed by atoms with E-state index in [-0.39, 0.29) is 29.2 Å². The van der Waals surface area contributed by atoms with Gasteiger partial charge in [-0.2, -0.15) is 0 Å². The highest BCUT2D eigenvalue weighted by atomic mass is 16.2. The van der Waals surface area contributed by atoms with Gasteiger partial charge in [0.25, 0.3) is 5.91 Å². The van der Waals surface area contributed by atoms with Crippen LogP contribution in [-0.2, 0) is 15.0 Å². The van der Waals surface area contributed by atoms with Gasteiger partial charge in [0.2, 0.25) is 11.8 Å².